The number of phenolic OH excluding ortho intramolecular Hbond substituents is 1. The number of amides is 1. The van der Waals surface area contributed by atoms with E-state index in [-0.39, 0.29) is 51.2 Å². The Bertz CT molecular complexity index is 1420. The van der Waals surface area contributed by atoms with Crippen LogP contribution < -0.4 is 10.3 Å². The van der Waals surface area contributed by atoms with Crippen molar-refractivity contribution in [3.63, 3.8) is 0 Å². The molecular weight excluding hydrogens is 499 g/mol. The number of carbonyl (C=O) groups is 1. The Morgan fingerprint density at radius 1 is 1.35 bits per heavy atom. The van der Waals surface area contributed by atoms with Crippen molar-refractivity contribution < 1.29 is 19.0 Å². The van der Waals surface area contributed by atoms with Crippen molar-refractivity contribution in [3.8, 4) is 22.8 Å². The number of likely N-dealkylation sites (N-methyl/N-ethyl adjacent to an activating group) is 1. The lowest BCUT2D eigenvalue weighted by Crippen LogP contribution is -2.51. The molecule has 0 unspecified atom stereocenters. The standard InChI is InChI=1S/C27H28ClFN4O4/c1-3-24(35)32-12-16(13-32)14-33-22-11-19(28)18(25-20(29)7-4-8-23(25)34)10-21(22)30-26(27(33)36)37-15-17-6-5-9-31(17)2/h3-4,7-8,10-11,16-17,34H,1,5-6,9,12-15H2,2H3/t17-/m0/s1. The summed E-state index contributed by atoms with van der Waals surface area (Å²) in [4.78, 5) is 33.7. The molecule has 2 aliphatic rings. The third-order valence-electron chi connectivity index (χ3n) is 7.23. The molecule has 0 radical (unpaired) electrons. The monoisotopic (exact) mass is 526 g/mol. The average molecular weight is 527 g/mol. The highest BCUT2D eigenvalue weighted by molar-refractivity contribution is 6.34. The van der Waals surface area contributed by atoms with Gasteiger partial charge in [-0.1, -0.05) is 24.2 Å². The van der Waals surface area contributed by atoms with Crippen LogP contribution in [0.1, 0.15) is 12.8 Å². The molecule has 0 saturated carbocycles. The molecule has 2 aliphatic heterocycles. The number of carbonyl (C=O) groups excluding carboxylic acids is 1. The average Bonchev–Trinajstić information content (AvgIpc) is 3.25. The van der Waals surface area contributed by atoms with E-state index in [2.05, 4.69) is 16.5 Å². The molecule has 1 atom stereocenters. The lowest BCUT2D eigenvalue weighted by Gasteiger charge is -2.39. The van der Waals surface area contributed by atoms with Gasteiger partial charge >= 0.3 is 5.56 Å². The fourth-order valence-electron chi connectivity index (χ4n) is 5.10. The van der Waals surface area contributed by atoms with E-state index in [1.165, 1.54) is 24.3 Å². The molecule has 2 saturated heterocycles. The summed E-state index contributed by atoms with van der Waals surface area (Å²) in [6, 6.07) is 7.34. The van der Waals surface area contributed by atoms with Gasteiger partial charge in [0.1, 0.15) is 18.2 Å². The van der Waals surface area contributed by atoms with Crippen LogP contribution in [-0.4, -0.2) is 69.7 Å². The minimum absolute atomic E-state index is 0.0402. The lowest BCUT2D eigenvalue weighted by atomic mass is 9.99. The van der Waals surface area contributed by atoms with E-state index in [0.29, 0.717) is 37.3 Å². The minimum atomic E-state index is -0.628. The molecule has 3 heterocycles. The Hall–Kier alpha value is -3.43. The van der Waals surface area contributed by atoms with Gasteiger partial charge in [-0.3, -0.25) is 9.59 Å². The number of aromatic hydroxyl groups is 1. The Morgan fingerprint density at radius 2 is 2.14 bits per heavy atom. The molecule has 0 bridgehead atoms. The molecule has 0 spiro atoms. The van der Waals surface area contributed by atoms with E-state index in [0.717, 1.165) is 19.4 Å². The Morgan fingerprint density at radius 3 is 2.81 bits per heavy atom. The van der Waals surface area contributed by atoms with E-state index in [1.54, 1.807) is 21.6 Å². The molecule has 1 aromatic heterocycles. The van der Waals surface area contributed by atoms with Crippen LogP contribution in [0, 0.1) is 11.7 Å². The maximum Gasteiger partial charge on any atom is 0.313 e. The highest BCUT2D eigenvalue weighted by Crippen LogP contribution is 2.38. The fourth-order valence-corrected chi connectivity index (χ4v) is 5.36. The molecular formula is C27H28ClFN4O4. The molecule has 0 aliphatic carbocycles. The van der Waals surface area contributed by atoms with Crippen molar-refractivity contribution in [2.24, 2.45) is 5.92 Å². The first kappa shape index (κ1) is 25.2. The number of ether oxygens (including phenoxy) is 1. The minimum Gasteiger partial charge on any atom is -0.507 e. The van der Waals surface area contributed by atoms with Gasteiger partial charge in [0.15, 0.2) is 0 Å². The van der Waals surface area contributed by atoms with Crippen LogP contribution in [0.3, 0.4) is 0 Å². The van der Waals surface area contributed by atoms with Crippen LogP contribution in [0.15, 0.2) is 47.8 Å². The zero-order chi connectivity index (χ0) is 26.3. The Labute approximate surface area is 218 Å². The number of likely N-dealkylation sites (tertiary alicyclic amines) is 2. The summed E-state index contributed by atoms with van der Waals surface area (Å²) >= 11 is 6.56. The topological polar surface area (TPSA) is 87.9 Å². The van der Waals surface area contributed by atoms with Gasteiger partial charge in [0.05, 0.1) is 21.6 Å². The first-order valence-electron chi connectivity index (χ1n) is 12.2. The van der Waals surface area contributed by atoms with Gasteiger partial charge in [-0.25, -0.2) is 9.37 Å². The van der Waals surface area contributed by atoms with Crippen LogP contribution in [0.25, 0.3) is 22.2 Å². The molecule has 1 amide bonds. The molecule has 8 nitrogen and oxygen atoms in total. The number of fused-ring (bicyclic) bond motifs is 1. The summed E-state index contributed by atoms with van der Waals surface area (Å²) in [5.41, 5.74) is 0.680. The molecule has 1 N–H and O–H groups in total. The number of rotatable bonds is 7. The van der Waals surface area contributed by atoms with Crippen molar-refractivity contribution in [2.45, 2.75) is 25.4 Å². The van der Waals surface area contributed by atoms with Crippen LogP contribution >= 0.6 is 11.6 Å². The van der Waals surface area contributed by atoms with Crippen LogP contribution in [0.5, 0.6) is 11.6 Å². The van der Waals surface area contributed by atoms with Gasteiger partial charge in [0.2, 0.25) is 5.91 Å². The normalized spacial score (nSPS) is 18.2. The number of halogens is 2. The highest BCUT2D eigenvalue weighted by atomic mass is 35.5. The first-order chi connectivity index (χ1) is 17.8. The van der Waals surface area contributed by atoms with Gasteiger partial charge < -0.3 is 24.2 Å². The summed E-state index contributed by atoms with van der Waals surface area (Å²) < 4.78 is 22.2. The second kappa shape index (κ2) is 10.1. The zero-order valence-electron chi connectivity index (χ0n) is 20.5. The van der Waals surface area contributed by atoms with Crippen molar-refractivity contribution >= 4 is 28.5 Å². The third-order valence-corrected chi connectivity index (χ3v) is 7.55. The van der Waals surface area contributed by atoms with Crippen molar-refractivity contribution in [3.05, 3.63) is 64.2 Å². The van der Waals surface area contributed by atoms with Gasteiger partial charge in [0.25, 0.3) is 5.88 Å². The summed E-state index contributed by atoms with van der Waals surface area (Å²) in [6.07, 6.45) is 3.31. The van der Waals surface area contributed by atoms with Crippen LogP contribution in [0.4, 0.5) is 4.39 Å². The summed E-state index contributed by atoms with van der Waals surface area (Å²) in [5.74, 6) is -1.02. The Kier molecular flexibility index (Phi) is 6.92. The Balaban J connectivity index is 1.56. The van der Waals surface area contributed by atoms with E-state index < -0.39 is 5.82 Å². The largest absolute Gasteiger partial charge is 0.507 e. The summed E-state index contributed by atoms with van der Waals surface area (Å²) in [7, 11) is 2.02. The van der Waals surface area contributed by atoms with E-state index in [4.69, 9.17) is 16.3 Å². The molecule has 37 heavy (non-hydrogen) atoms. The second-order valence-corrected chi connectivity index (χ2v) is 10.1. The van der Waals surface area contributed by atoms with E-state index in [9.17, 15) is 19.1 Å². The summed E-state index contributed by atoms with van der Waals surface area (Å²) in [5, 5.41) is 10.5. The third kappa shape index (κ3) is 4.81. The molecule has 2 aromatic carbocycles. The number of hydrogen-bond acceptors (Lipinski definition) is 6. The van der Waals surface area contributed by atoms with E-state index in [1.807, 2.05) is 7.05 Å². The molecule has 5 rings (SSSR count). The molecule has 10 heteroatoms. The van der Waals surface area contributed by atoms with E-state index >= 15 is 0 Å². The van der Waals surface area contributed by atoms with Gasteiger partial charge in [0, 0.05) is 37.2 Å². The zero-order valence-corrected chi connectivity index (χ0v) is 21.2. The number of nitrogens with zero attached hydrogens (tertiary/aromatic N) is 4. The lowest BCUT2D eigenvalue weighted by molar-refractivity contribution is -0.132. The smallest absolute Gasteiger partial charge is 0.313 e. The van der Waals surface area contributed by atoms with Crippen molar-refractivity contribution in [1.82, 2.24) is 19.4 Å². The number of phenols is 1. The SMILES string of the molecule is C=CC(=O)N1CC(Cn2c(=O)c(OC[C@@H]3CCCN3C)nc3cc(-c4c(O)cccc4F)c(Cl)cc32)C1. The highest BCUT2D eigenvalue weighted by Gasteiger charge is 2.31. The summed E-state index contributed by atoms with van der Waals surface area (Å²) in [6.45, 7) is 6.14. The van der Waals surface area contributed by atoms with Crippen LogP contribution in [-0.2, 0) is 11.3 Å². The first-order valence-corrected chi connectivity index (χ1v) is 12.6. The van der Waals surface area contributed by atoms with Crippen LogP contribution in [0.2, 0.25) is 5.02 Å². The predicted molar refractivity (Wildman–Crippen MR) is 139 cm³/mol. The van der Waals surface area contributed by atoms with Gasteiger partial charge in [-0.2, -0.15) is 0 Å². The quantitative estimate of drug-likeness (QED) is 0.473. The molecule has 194 valence electrons. The predicted octanol–water partition coefficient (Wildman–Crippen LogP) is 3.68. The second-order valence-electron chi connectivity index (χ2n) is 9.69. The number of hydrogen-bond donors (Lipinski definition) is 1. The van der Waals surface area contributed by atoms with Gasteiger partial charge in [-0.15, -0.1) is 0 Å². The number of aromatic nitrogens is 2. The van der Waals surface area contributed by atoms with Gasteiger partial charge in [-0.05, 0) is 56.8 Å². The maximum atomic E-state index is 14.7. The maximum absolute atomic E-state index is 14.7. The van der Waals surface area contributed by atoms with Crippen molar-refractivity contribution in [2.75, 3.05) is 33.3 Å². The number of benzene rings is 2. The van der Waals surface area contributed by atoms with Crippen molar-refractivity contribution in [1.29, 1.82) is 0 Å². The fraction of sp³-hybridized carbons (Fsp3) is 0.370. The molecule has 3 aromatic rings. The molecule has 2 fully saturated rings.